The lowest BCUT2D eigenvalue weighted by molar-refractivity contribution is -0.234. The number of hydrogen-bond donors (Lipinski definition) is 7. The summed E-state index contributed by atoms with van der Waals surface area (Å²) in [6.45, 7) is -0.608. The van der Waals surface area contributed by atoms with E-state index in [1.165, 1.54) is 21.8 Å². The fourth-order valence-corrected chi connectivity index (χ4v) is 6.02. The standard InChI is InChI=1S/C20H25N10O10P/c21-19-25-15-11(17(33)27-19)23-4-29(15)9-1-6(8(3-31)38-9)13(40-41(35,36)37)14-7(32)2-10(39-14)30-5-24-12-16(30)26-20(22)28-18(12)34/h4-10,13-14,31-32H,1-3H2,(H2,35,36,37)(H3,21,25,27,33)(H3,22,26,28,34)/p-1. The molecule has 2 fully saturated rings. The van der Waals surface area contributed by atoms with Gasteiger partial charge in [-0.15, -0.1) is 0 Å². The Morgan fingerprint density at radius 3 is 2.10 bits per heavy atom. The van der Waals surface area contributed by atoms with E-state index in [0.29, 0.717) is 0 Å². The van der Waals surface area contributed by atoms with E-state index in [1.807, 2.05) is 0 Å². The number of phosphoric ester groups is 1. The maximum Gasteiger partial charge on any atom is 0.280 e. The van der Waals surface area contributed by atoms with Crippen molar-refractivity contribution in [3.05, 3.63) is 33.4 Å². The van der Waals surface area contributed by atoms with Crippen LogP contribution in [0.5, 0.6) is 0 Å². The van der Waals surface area contributed by atoms with Crippen LogP contribution in [-0.2, 0) is 18.6 Å². The Hall–Kier alpha value is -3.75. The molecule has 2 saturated heterocycles. The number of nitrogens with zero attached hydrogens (tertiary/aromatic N) is 6. The van der Waals surface area contributed by atoms with Crippen molar-refractivity contribution in [1.82, 2.24) is 39.0 Å². The highest BCUT2D eigenvalue weighted by atomic mass is 31.2. The minimum Gasteiger partial charge on any atom is -0.756 e. The van der Waals surface area contributed by atoms with Crippen molar-refractivity contribution in [2.45, 2.75) is 49.7 Å². The van der Waals surface area contributed by atoms with Gasteiger partial charge in [0.05, 0.1) is 31.5 Å². The van der Waals surface area contributed by atoms with Crippen LogP contribution in [0.25, 0.3) is 22.3 Å². The maximum atomic E-state index is 12.2. The van der Waals surface area contributed by atoms with E-state index < -0.39 is 68.3 Å². The van der Waals surface area contributed by atoms with Crippen LogP contribution in [0, 0.1) is 5.92 Å². The zero-order valence-corrected chi connectivity index (χ0v) is 21.7. The molecule has 0 saturated carbocycles. The molecule has 8 unspecified atom stereocenters. The third-order valence-corrected chi connectivity index (χ3v) is 7.63. The monoisotopic (exact) mass is 595 g/mol. The fourth-order valence-electron chi connectivity index (χ4n) is 5.43. The van der Waals surface area contributed by atoms with Crippen LogP contribution in [0.3, 0.4) is 0 Å². The first-order valence-corrected chi connectivity index (χ1v) is 13.7. The van der Waals surface area contributed by atoms with Crippen molar-refractivity contribution < 1.29 is 38.6 Å². The molecular formula is C20H24N10O10P-. The van der Waals surface area contributed by atoms with Gasteiger partial charge in [-0.1, -0.05) is 0 Å². The number of rotatable bonds is 7. The van der Waals surface area contributed by atoms with Gasteiger partial charge in [0.2, 0.25) is 11.9 Å². The van der Waals surface area contributed by atoms with Gasteiger partial charge in [0.25, 0.3) is 18.9 Å². The molecule has 6 rings (SSSR count). The average molecular weight is 595 g/mol. The number of aromatic amines is 2. The molecule has 4 aromatic heterocycles. The van der Waals surface area contributed by atoms with E-state index in [4.69, 9.17) is 25.5 Å². The van der Waals surface area contributed by atoms with E-state index in [9.17, 15) is 34.2 Å². The van der Waals surface area contributed by atoms with Crippen molar-refractivity contribution in [3.8, 4) is 0 Å². The topological polar surface area (TPSA) is 308 Å². The summed E-state index contributed by atoms with van der Waals surface area (Å²) >= 11 is 0. The molecule has 0 spiro atoms. The van der Waals surface area contributed by atoms with E-state index in [2.05, 4.69) is 29.9 Å². The van der Waals surface area contributed by atoms with Gasteiger partial charge in [-0.2, -0.15) is 9.97 Å². The smallest absolute Gasteiger partial charge is 0.280 e. The minimum absolute atomic E-state index is 0.0305. The number of anilines is 2. The molecule has 0 radical (unpaired) electrons. The normalized spacial score (nSPS) is 28.9. The molecule has 0 bridgehead atoms. The molecule has 6 heterocycles. The molecule has 2 aliphatic heterocycles. The Morgan fingerprint density at radius 1 is 1.05 bits per heavy atom. The van der Waals surface area contributed by atoms with Gasteiger partial charge in [-0.05, 0) is 0 Å². The number of phosphoric acid groups is 1. The number of fused-ring (bicyclic) bond motifs is 2. The molecule has 4 aromatic rings. The van der Waals surface area contributed by atoms with Gasteiger partial charge < -0.3 is 45.5 Å². The highest BCUT2D eigenvalue weighted by Gasteiger charge is 2.51. The summed E-state index contributed by atoms with van der Waals surface area (Å²) in [5, 5.41) is 21.1. The van der Waals surface area contributed by atoms with Crippen molar-refractivity contribution in [2.24, 2.45) is 5.92 Å². The van der Waals surface area contributed by atoms with Gasteiger partial charge in [-0.25, -0.2) is 9.97 Å². The lowest BCUT2D eigenvalue weighted by atomic mass is 9.89. The number of nitrogens with two attached hydrogens (primary N) is 2. The summed E-state index contributed by atoms with van der Waals surface area (Å²) in [6, 6.07) is 0. The molecule has 41 heavy (non-hydrogen) atoms. The van der Waals surface area contributed by atoms with Crippen LogP contribution >= 0.6 is 7.82 Å². The van der Waals surface area contributed by atoms with Crippen LogP contribution in [0.2, 0.25) is 0 Å². The van der Waals surface area contributed by atoms with E-state index >= 15 is 0 Å². The number of ether oxygens (including phenoxy) is 2. The highest BCUT2D eigenvalue weighted by Crippen LogP contribution is 2.47. The predicted octanol–water partition coefficient (Wildman–Crippen LogP) is -3.19. The van der Waals surface area contributed by atoms with E-state index in [1.54, 1.807) is 0 Å². The summed E-state index contributed by atoms with van der Waals surface area (Å²) in [5.41, 5.74) is 10.2. The number of H-pyrrole nitrogens is 2. The molecular weight excluding hydrogens is 571 g/mol. The number of nitrogens with one attached hydrogen (secondary N) is 2. The lowest BCUT2D eigenvalue weighted by Gasteiger charge is -2.34. The molecule has 0 aromatic carbocycles. The van der Waals surface area contributed by atoms with E-state index in [-0.39, 0.29) is 47.1 Å². The van der Waals surface area contributed by atoms with Crippen LogP contribution in [-0.4, -0.2) is 85.2 Å². The summed E-state index contributed by atoms with van der Waals surface area (Å²) in [5.74, 6) is -1.34. The Kier molecular flexibility index (Phi) is 6.66. The second kappa shape index (κ2) is 9.96. The predicted molar refractivity (Wildman–Crippen MR) is 133 cm³/mol. The first-order chi connectivity index (χ1) is 19.4. The number of aliphatic hydroxyl groups is 2. The first-order valence-electron chi connectivity index (χ1n) is 12.2. The Morgan fingerprint density at radius 2 is 1.59 bits per heavy atom. The van der Waals surface area contributed by atoms with E-state index in [0.717, 1.165) is 0 Å². The van der Waals surface area contributed by atoms with Gasteiger partial charge in [0, 0.05) is 18.8 Å². The number of aliphatic hydroxyl groups excluding tert-OH is 2. The first kappa shape index (κ1) is 27.4. The number of imidazole rings is 2. The molecule has 0 aliphatic carbocycles. The van der Waals surface area contributed by atoms with Crippen LogP contribution < -0.4 is 27.5 Å². The van der Waals surface area contributed by atoms with Gasteiger partial charge in [0.15, 0.2) is 22.3 Å². The number of aromatic nitrogens is 8. The summed E-state index contributed by atoms with van der Waals surface area (Å²) in [6.07, 6.45) is -4.91. The lowest BCUT2D eigenvalue weighted by Crippen LogP contribution is -2.45. The van der Waals surface area contributed by atoms with Crippen LogP contribution in [0.1, 0.15) is 25.3 Å². The molecule has 21 heteroatoms. The Balaban J connectivity index is 1.33. The van der Waals surface area contributed by atoms with Gasteiger partial charge in [0.1, 0.15) is 24.7 Å². The number of nitrogen functional groups attached to an aromatic ring is 2. The van der Waals surface area contributed by atoms with Crippen LogP contribution in [0.4, 0.5) is 11.9 Å². The zero-order valence-electron chi connectivity index (χ0n) is 20.8. The average Bonchev–Trinajstić information content (AvgIpc) is 3.66. The third kappa shape index (κ3) is 4.89. The summed E-state index contributed by atoms with van der Waals surface area (Å²) in [4.78, 5) is 66.8. The molecule has 0 amide bonds. The maximum absolute atomic E-state index is 12.2. The van der Waals surface area contributed by atoms with Crippen LogP contribution in [0.15, 0.2) is 22.2 Å². The summed E-state index contributed by atoms with van der Waals surface area (Å²) in [7, 11) is -5.42. The second-order valence-electron chi connectivity index (χ2n) is 9.66. The minimum atomic E-state index is -5.42. The molecule has 9 N–H and O–H groups in total. The Labute approximate surface area is 227 Å². The van der Waals surface area contributed by atoms with Crippen molar-refractivity contribution in [3.63, 3.8) is 0 Å². The highest BCUT2D eigenvalue weighted by molar-refractivity contribution is 7.44. The molecule has 220 valence electrons. The number of hydrogen-bond acceptors (Lipinski definition) is 15. The Bertz CT molecular complexity index is 1780. The van der Waals surface area contributed by atoms with Crippen molar-refractivity contribution in [2.75, 3.05) is 18.1 Å². The van der Waals surface area contributed by atoms with Crippen molar-refractivity contribution >= 4 is 42.0 Å². The van der Waals surface area contributed by atoms with Gasteiger partial charge in [-0.3, -0.25) is 33.3 Å². The molecule has 20 nitrogen and oxygen atoms in total. The largest absolute Gasteiger partial charge is 0.756 e. The molecule has 8 atom stereocenters. The fraction of sp³-hybridized carbons (Fsp3) is 0.500. The second-order valence-corrected chi connectivity index (χ2v) is 10.8. The quantitative estimate of drug-likeness (QED) is 0.103. The van der Waals surface area contributed by atoms with Gasteiger partial charge >= 0.3 is 0 Å². The SMILES string of the molecule is Nc1nc2c(ncn2C2CC(C(OP(=O)([O-])O)C3OC(n4cnc5c(=O)[nH]c(N)nc54)CC3O)C(CO)O2)c(=O)[nH]1. The summed E-state index contributed by atoms with van der Waals surface area (Å²) < 4.78 is 31.7. The third-order valence-electron chi connectivity index (χ3n) is 7.12. The molecule has 2 aliphatic rings. The zero-order chi connectivity index (χ0) is 29.2. The van der Waals surface area contributed by atoms with Crippen molar-refractivity contribution in [1.29, 1.82) is 0 Å².